The van der Waals surface area contributed by atoms with Crippen LogP contribution in [0.3, 0.4) is 0 Å². The fourth-order valence-electron chi connectivity index (χ4n) is 2.26. The van der Waals surface area contributed by atoms with Crippen LogP contribution in [-0.2, 0) is 16.1 Å². The van der Waals surface area contributed by atoms with E-state index < -0.39 is 6.04 Å². The second kappa shape index (κ2) is 6.85. The lowest BCUT2D eigenvalue weighted by Crippen LogP contribution is -2.40. The summed E-state index contributed by atoms with van der Waals surface area (Å²) in [5, 5.41) is 7.05. The highest BCUT2D eigenvalue weighted by Crippen LogP contribution is 2.15. The Labute approximate surface area is 119 Å². The molecule has 1 aliphatic heterocycles. The molecule has 0 saturated carbocycles. The van der Waals surface area contributed by atoms with E-state index in [-0.39, 0.29) is 17.9 Å². The van der Waals surface area contributed by atoms with E-state index in [0.29, 0.717) is 5.69 Å². The summed E-state index contributed by atoms with van der Waals surface area (Å²) in [6.07, 6.45) is 6.77. The Morgan fingerprint density at radius 1 is 1.70 bits per heavy atom. The predicted octanol–water partition coefficient (Wildman–Crippen LogP) is 1.37. The third kappa shape index (κ3) is 3.80. The highest BCUT2D eigenvalue weighted by atomic mass is 16.5. The van der Waals surface area contributed by atoms with E-state index in [1.807, 2.05) is 20.0 Å². The van der Waals surface area contributed by atoms with Crippen molar-refractivity contribution < 1.29 is 9.53 Å². The van der Waals surface area contributed by atoms with Gasteiger partial charge in [0.1, 0.15) is 0 Å². The minimum absolute atomic E-state index is 0.156. The Kier molecular flexibility index (Phi) is 5.14. The number of carbonyl (C=O) groups excluding carboxylic acids is 1. The molecule has 1 aromatic rings. The van der Waals surface area contributed by atoms with Crippen LogP contribution in [0.4, 0.5) is 5.69 Å². The summed E-state index contributed by atoms with van der Waals surface area (Å²) in [4.78, 5) is 12.0. The molecule has 1 aromatic heterocycles. The number of carbonyl (C=O) groups is 1. The van der Waals surface area contributed by atoms with Crippen molar-refractivity contribution >= 4 is 11.6 Å². The first-order chi connectivity index (χ1) is 9.60. The molecule has 6 heteroatoms. The summed E-state index contributed by atoms with van der Waals surface area (Å²) < 4.78 is 7.37. The smallest absolute Gasteiger partial charge is 0.241 e. The van der Waals surface area contributed by atoms with Crippen LogP contribution in [0.5, 0.6) is 0 Å². The van der Waals surface area contributed by atoms with Gasteiger partial charge in [0, 0.05) is 12.8 Å². The van der Waals surface area contributed by atoms with Crippen molar-refractivity contribution in [1.29, 1.82) is 0 Å². The van der Waals surface area contributed by atoms with Crippen LogP contribution < -0.4 is 11.1 Å². The topological polar surface area (TPSA) is 82.2 Å². The lowest BCUT2D eigenvalue weighted by atomic mass is 9.99. The van der Waals surface area contributed by atoms with Crippen molar-refractivity contribution in [3.63, 3.8) is 0 Å². The number of rotatable bonds is 6. The average Bonchev–Trinajstić information content (AvgIpc) is 3.09. The first kappa shape index (κ1) is 15.0. The van der Waals surface area contributed by atoms with Gasteiger partial charge in [-0.3, -0.25) is 9.48 Å². The van der Waals surface area contributed by atoms with Crippen LogP contribution >= 0.6 is 0 Å². The maximum atomic E-state index is 12.0. The second-order valence-electron chi connectivity index (χ2n) is 5.49. The largest absolute Gasteiger partial charge is 0.376 e. The number of hydrogen-bond donors (Lipinski definition) is 2. The molecule has 0 radical (unpaired) electrons. The van der Waals surface area contributed by atoms with E-state index >= 15 is 0 Å². The predicted molar refractivity (Wildman–Crippen MR) is 77.3 cm³/mol. The fraction of sp³-hybridized carbons (Fsp3) is 0.714. The van der Waals surface area contributed by atoms with Gasteiger partial charge in [-0.25, -0.2) is 0 Å². The van der Waals surface area contributed by atoms with Gasteiger partial charge in [0.2, 0.25) is 5.91 Å². The molecule has 1 saturated heterocycles. The highest BCUT2D eigenvalue weighted by molar-refractivity contribution is 5.94. The van der Waals surface area contributed by atoms with Crippen molar-refractivity contribution in [3.05, 3.63) is 12.4 Å². The van der Waals surface area contributed by atoms with E-state index in [0.717, 1.165) is 32.4 Å². The molecule has 0 bridgehead atoms. The number of aromatic nitrogens is 2. The molecule has 20 heavy (non-hydrogen) atoms. The SMILES string of the molecule is CC[C@H](C)[C@H](N)C(=O)Nc1cnn(CC2CCCO2)c1. The Balaban J connectivity index is 1.87. The van der Waals surface area contributed by atoms with Crippen LogP contribution in [0.15, 0.2) is 12.4 Å². The van der Waals surface area contributed by atoms with Gasteiger partial charge in [-0.2, -0.15) is 5.10 Å². The molecular formula is C14H24N4O2. The maximum absolute atomic E-state index is 12.0. The van der Waals surface area contributed by atoms with Gasteiger partial charge >= 0.3 is 0 Å². The number of anilines is 1. The molecule has 2 rings (SSSR count). The molecule has 0 aromatic carbocycles. The molecule has 112 valence electrons. The van der Waals surface area contributed by atoms with E-state index in [4.69, 9.17) is 10.5 Å². The lowest BCUT2D eigenvalue weighted by molar-refractivity contribution is -0.118. The Bertz CT molecular complexity index is 440. The second-order valence-corrected chi connectivity index (χ2v) is 5.49. The van der Waals surface area contributed by atoms with Gasteiger partial charge in [-0.1, -0.05) is 20.3 Å². The van der Waals surface area contributed by atoms with E-state index in [1.54, 1.807) is 10.9 Å². The normalized spacial score (nSPS) is 21.6. The van der Waals surface area contributed by atoms with Crippen molar-refractivity contribution in [2.75, 3.05) is 11.9 Å². The average molecular weight is 280 g/mol. The third-order valence-electron chi connectivity index (χ3n) is 3.88. The molecule has 2 heterocycles. The minimum atomic E-state index is -0.485. The first-order valence-corrected chi connectivity index (χ1v) is 7.30. The molecule has 0 aliphatic carbocycles. The number of nitrogens with two attached hydrogens (primary N) is 1. The number of ether oxygens (including phenoxy) is 1. The molecule has 3 N–H and O–H groups in total. The summed E-state index contributed by atoms with van der Waals surface area (Å²) in [6.45, 7) is 5.56. The number of nitrogens with one attached hydrogen (secondary N) is 1. The first-order valence-electron chi connectivity index (χ1n) is 7.30. The van der Waals surface area contributed by atoms with E-state index in [9.17, 15) is 4.79 Å². The Hall–Kier alpha value is -1.40. The van der Waals surface area contributed by atoms with Crippen molar-refractivity contribution in [2.45, 2.75) is 51.8 Å². The minimum Gasteiger partial charge on any atom is -0.376 e. The molecule has 1 aliphatic rings. The van der Waals surface area contributed by atoms with Gasteiger partial charge < -0.3 is 15.8 Å². The van der Waals surface area contributed by atoms with Gasteiger partial charge in [-0.05, 0) is 18.8 Å². The monoisotopic (exact) mass is 280 g/mol. The molecule has 1 unspecified atom stereocenters. The Morgan fingerprint density at radius 3 is 3.15 bits per heavy atom. The van der Waals surface area contributed by atoms with Crippen LogP contribution in [0, 0.1) is 5.92 Å². The zero-order chi connectivity index (χ0) is 14.5. The summed E-state index contributed by atoms with van der Waals surface area (Å²) >= 11 is 0. The van der Waals surface area contributed by atoms with Gasteiger partial charge in [0.05, 0.1) is 30.6 Å². The Morgan fingerprint density at radius 2 is 2.50 bits per heavy atom. The third-order valence-corrected chi connectivity index (χ3v) is 3.88. The van der Waals surface area contributed by atoms with E-state index in [1.165, 1.54) is 0 Å². The lowest BCUT2D eigenvalue weighted by Gasteiger charge is -2.16. The van der Waals surface area contributed by atoms with Crippen molar-refractivity contribution in [3.8, 4) is 0 Å². The maximum Gasteiger partial charge on any atom is 0.241 e. The molecule has 3 atom stereocenters. The standard InChI is InChI=1S/C14H24N4O2/c1-3-10(2)13(15)14(19)17-11-7-16-18(8-11)9-12-5-4-6-20-12/h7-8,10,12-13H,3-6,9,15H2,1-2H3,(H,17,19)/t10-,12?,13-/m0/s1. The van der Waals surface area contributed by atoms with Crippen LogP contribution in [0.2, 0.25) is 0 Å². The summed E-state index contributed by atoms with van der Waals surface area (Å²) in [5.74, 6) is 0.00736. The van der Waals surface area contributed by atoms with E-state index in [2.05, 4.69) is 10.4 Å². The zero-order valence-electron chi connectivity index (χ0n) is 12.2. The molecule has 6 nitrogen and oxygen atoms in total. The molecule has 1 fully saturated rings. The van der Waals surface area contributed by atoms with Crippen LogP contribution in [0.25, 0.3) is 0 Å². The molecular weight excluding hydrogens is 256 g/mol. The van der Waals surface area contributed by atoms with Crippen molar-refractivity contribution in [2.24, 2.45) is 11.7 Å². The van der Waals surface area contributed by atoms with Crippen LogP contribution in [0.1, 0.15) is 33.1 Å². The number of hydrogen-bond acceptors (Lipinski definition) is 4. The zero-order valence-corrected chi connectivity index (χ0v) is 12.2. The van der Waals surface area contributed by atoms with Gasteiger partial charge in [0.15, 0.2) is 0 Å². The highest BCUT2D eigenvalue weighted by Gasteiger charge is 2.20. The molecule has 0 spiro atoms. The number of nitrogens with zero attached hydrogens (tertiary/aromatic N) is 2. The van der Waals surface area contributed by atoms with Gasteiger partial charge in [0.25, 0.3) is 0 Å². The summed E-state index contributed by atoms with van der Waals surface area (Å²) in [7, 11) is 0. The summed E-state index contributed by atoms with van der Waals surface area (Å²) in [5.41, 5.74) is 6.59. The van der Waals surface area contributed by atoms with Crippen molar-refractivity contribution in [1.82, 2.24) is 9.78 Å². The van der Waals surface area contributed by atoms with Crippen LogP contribution in [-0.4, -0.2) is 34.4 Å². The quantitative estimate of drug-likeness (QED) is 0.824. The number of amides is 1. The fourth-order valence-corrected chi connectivity index (χ4v) is 2.26. The summed E-state index contributed by atoms with van der Waals surface area (Å²) in [6, 6.07) is -0.485. The van der Waals surface area contributed by atoms with Gasteiger partial charge in [-0.15, -0.1) is 0 Å². The molecule has 1 amide bonds.